The van der Waals surface area contributed by atoms with Crippen LogP contribution in [-0.2, 0) is 0 Å². The molecule has 0 aliphatic carbocycles. The van der Waals surface area contributed by atoms with Crippen LogP contribution < -0.4 is 11.1 Å². The highest BCUT2D eigenvalue weighted by atomic mass is 35.5. The minimum Gasteiger partial charge on any atom is -0.399 e. The molecule has 6 heteroatoms. The highest BCUT2D eigenvalue weighted by Crippen LogP contribution is 2.27. The number of amides is 1. The molecule has 3 N–H and O–H groups in total. The Labute approximate surface area is 147 Å². The first-order chi connectivity index (χ1) is 10.7. The van der Waals surface area contributed by atoms with Crippen LogP contribution in [0.25, 0.3) is 0 Å². The molecule has 2 heterocycles. The van der Waals surface area contributed by atoms with Crippen LogP contribution in [0.3, 0.4) is 0 Å². The molecule has 0 bridgehead atoms. The van der Waals surface area contributed by atoms with E-state index in [1.807, 2.05) is 0 Å². The maximum atomic E-state index is 12.3. The van der Waals surface area contributed by atoms with Crippen LogP contribution in [0.15, 0.2) is 41.8 Å². The van der Waals surface area contributed by atoms with Gasteiger partial charge in [-0.15, -0.1) is 23.7 Å². The molecule has 1 unspecified atom stereocenters. The molecule has 1 aromatic carbocycles. The molecule has 124 valence electrons. The van der Waals surface area contributed by atoms with Gasteiger partial charge in [-0.2, -0.15) is 0 Å². The number of likely N-dealkylation sites (tertiary alicyclic amines) is 1. The van der Waals surface area contributed by atoms with E-state index in [2.05, 4.69) is 27.7 Å². The van der Waals surface area contributed by atoms with Gasteiger partial charge in [-0.1, -0.05) is 6.07 Å². The van der Waals surface area contributed by atoms with Gasteiger partial charge in [0.2, 0.25) is 0 Å². The summed E-state index contributed by atoms with van der Waals surface area (Å²) in [6.45, 7) is 2.87. The molecule has 23 heavy (non-hydrogen) atoms. The van der Waals surface area contributed by atoms with Gasteiger partial charge in [0.1, 0.15) is 0 Å². The van der Waals surface area contributed by atoms with Crippen LogP contribution in [-0.4, -0.2) is 30.4 Å². The zero-order chi connectivity index (χ0) is 15.4. The van der Waals surface area contributed by atoms with E-state index < -0.39 is 0 Å². The van der Waals surface area contributed by atoms with Gasteiger partial charge in [-0.3, -0.25) is 9.69 Å². The number of rotatable bonds is 5. The molecule has 3 rings (SSSR count). The minimum atomic E-state index is -0.0410. The maximum Gasteiger partial charge on any atom is 0.251 e. The SMILES string of the molecule is Cl.Nc1ccc(C(=O)NCC(c2cccs2)N2CCCC2)cc1. The molecule has 0 saturated carbocycles. The lowest BCUT2D eigenvalue weighted by Gasteiger charge is -2.26. The van der Waals surface area contributed by atoms with E-state index >= 15 is 0 Å². The van der Waals surface area contributed by atoms with Crippen molar-refractivity contribution in [1.82, 2.24) is 10.2 Å². The van der Waals surface area contributed by atoms with Crippen molar-refractivity contribution in [1.29, 1.82) is 0 Å². The highest BCUT2D eigenvalue weighted by Gasteiger charge is 2.24. The van der Waals surface area contributed by atoms with Crippen LogP contribution in [0, 0.1) is 0 Å². The third kappa shape index (κ3) is 4.47. The first-order valence-corrected chi connectivity index (χ1v) is 8.53. The number of carbonyl (C=O) groups is 1. The van der Waals surface area contributed by atoms with Gasteiger partial charge in [-0.05, 0) is 61.6 Å². The van der Waals surface area contributed by atoms with Gasteiger partial charge < -0.3 is 11.1 Å². The average Bonchev–Trinajstić information content (AvgIpc) is 3.22. The molecule has 1 fully saturated rings. The Hall–Kier alpha value is -1.56. The molecule has 1 atom stereocenters. The van der Waals surface area contributed by atoms with Crippen LogP contribution in [0.5, 0.6) is 0 Å². The number of thiophene rings is 1. The van der Waals surface area contributed by atoms with Crippen molar-refractivity contribution in [3.8, 4) is 0 Å². The van der Waals surface area contributed by atoms with E-state index in [9.17, 15) is 4.79 Å². The number of halogens is 1. The normalized spacial score (nSPS) is 15.8. The molecule has 1 aromatic heterocycles. The van der Waals surface area contributed by atoms with Crippen molar-refractivity contribution in [3.63, 3.8) is 0 Å². The standard InChI is InChI=1S/C17H21N3OS.ClH/c18-14-7-5-13(6-8-14)17(21)19-12-15(16-4-3-11-22-16)20-9-1-2-10-20;/h3-8,11,15H,1-2,9-10,12,18H2,(H,19,21);1H. The van der Waals surface area contributed by atoms with Crippen molar-refractivity contribution in [2.45, 2.75) is 18.9 Å². The lowest BCUT2D eigenvalue weighted by atomic mass is 10.1. The number of nitrogen functional groups attached to an aromatic ring is 1. The van der Waals surface area contributed by atoms with Gasteiger partial charge in [-0.25, -0.2) is 0 Å². The molecular formula is C17H22ClN3OS. The van der Waals surface area contributed by atoms with E-state index in [0.29, 0.717) is 17.8 Å². The fourth-order valence-electron chi connectivity index (χ4n) is 2.87. The summed E-state index contributed by atoms with van der Waals surface area (Å²) in [7, 11) is 0. The molecule has 0 radical (unpaired) electrons. The number of benzene rings is 1. The molecule has 2 aromatic rings. The number of nitrogens with one attached hydrogen (secondary N) is 1. The fraction of sp³-hybridized carbons (Fsp3) is 0.353. The summed E-state index contributed by atoms with van der Waals surface area (Å²) in [6, 6.07) is 11.5. The Balaban J connectivity index is 0.00000192. The Morgan fingerprint density at radius 1 is 1.22 bits per heavy atom. The highest BCUT2D eigenvalue weighted by molar-refractivity contribution is 7.10. The number of hydrogen-bond donors (Lipinski definition) is 2. The van der Waals surface area contributed by atoms with Gasteiger partial charge in [0.15, 0.2) is 0 Å². The third-order valence-electron chi connectivity index (χ3n) is 4.08. The van der Waals surface area contributed by atoms with Crippen LogP contribution >= 0.6 is 23.7 Å². The summed E-state index contributed by atoms with van der Waals surface area (Å²) >= 11 is 1.76. The maximum absolute atomic E-state index is 12.3. The van der Waals surface area contributed by atoms with Gasteiger partial charge in [0.05, 0.1) is 6.04 Å². The summed E-state index contributed by atoms with van der Waals surface area (Å²) in [5.41, 5.74) is 6.98. The van der Waals surface area contributed by atoms with Crippen LogP contribution in [0.4, 0.5) is 5.69 Å². The molecule has 1 saturated heterocycles. The Bertz CT molecular complexity index is 609. The average molecular weight is 352 g/mol. The molecule has 4 nitrogen and oxygen atoms in total. The second-order valence-electron chi connectivity index (χ2n) is 5.61. The molecule has 1 aliphatic heterocycles. The summed E-state index contributed by atoms with van der Waals surface area (Å²) in [6.07, 6.45) is 2.49. The summed E-state index contributed by atoms with van der Waals surface area (Å²) in [5.74, 6) is -0.0410. The van der Waals surface area contributed by atoms with Gasteiger partial charge in [0.25, 0.3) is 5.91 Å². The van der Waals surface area contributed by atoms with Crippen LogP contribution in [0.1, 0.15) is 34.1 Å². The molecule has 1 amide bonds. The summed E-state index contributed by atoms with van der Waals surface area (Å²) in [5, 5.41) is 5.17. The molecule has 0 spiro atoms. The second-order valence-corrected chi connectivity index (χ2v) is 6.59. The number of carbonyl (C=O) groups excluding carboxylic acids is 1. The summed E-state index contributed by atoms with van der Waals surface area (Å²) < 4.78 is 0. The molecule has 1 aliphatic rings. The van der Waals surface area contributed by atoms with E-state index in [-0.39, 0.29) is 24.4 Å². The lowest BCUT2D eigenvalue weighted by molar-refractivity contribution is 0.0938. The fourth-order valence-corrected chi connectivity index (χ4v) is 3.73. The topological polar surface area (TPSA) is 58.4 Å². The van der Waals surface area contributed by atoms with E-state index in [0.717, 1.165) is 13.1 Å². The van der Waals surface area contributed by atoms with Crippen molar-refractivity contribution >= 4 is 35.3 Å². The van der Waals surface area contributed by atoms with Crippen molar-refractivity contribution in [2.75, 3.05) is 25.4 Å². The second kappa shape index (κ2) is 8.34. The third-order valence-corrected chi connectivity index (χ3v) is 5.06. The first-order valence-electron chi connectivity index (χ1n) is 7.65. The number of nitrogens with zero attached hydrogens (tertiary/aromatic N) is 1. The van der Waals surface area contributed by atoms with E-state index in [1.165, 1.54) is 17.7 Å². The van der Waals surface area contributed by atoms with Gasteiger partial charge >= 0.3 is 0 Å². The lowest BCUT2D eigenvalue weighted by Crippen LogP contribution is -2.36. The quantitative estimate of drug-likeness (QED) is 0.812. The number of anilines is 1. The zero-order valence-electron chi connectivity index (χ0n) is 12.9. The minimum absolute atomic E-state index is 0. The predicted molar refractivity (Wildman–Crippen MR) is 98.3 cm³/mol. The van der Waals surface area contributed by atoms with E-state index in [4.69, 9.17) is 5.73 Å². The summed E-state index contributed by atoms with van der Waals surface area (Å²) in [4.78, 5) is 16.1. The smallest absolute Gasteiger partial charge is 0.251 e. The molecular weight excluding hydrogens is 330 g/mol. The van der Waals surface area contributed by atoms with Crippen LogP contribution in [0.2, 0.25) is 0 Å². The van der Waals surface area contributed by atoms with Crippen molar-refractivity contribution in [3.05, 3.63) is 52.2 Å². The monoisotopic (exact) mass is 351 g/mol. The predicted octanol–water partition coefficient (Wildman–Crippen LogP) is 3.32. The Morgan fingerprint density at radius 3 is 2.52 bits per heavy atom. The first kappa shape index (κ1) is 17.8. The number of nitrogens with two attached hydrogens (primary N) is 1. The van der Waals surface area contributed by atoms with Gasteiger partial charge in [0, 0.05) is 22.7 Å². The largest absolute Gasteiger partial charge is 0.399 e. The zero-order valence-corrected chi connectivity index (χ0v) is 14.5. The Kier molecular flexibility index (Phi) is 6.45. The van der Waals surface area contributed by atoms with Crippen molar-refractivity contribution in [2.24, 2.45) is 0 Å². The number of hydrogen-bond acceptors (Lipinski definition) is 4. The van der Waals surface area contributed by atoms with Crippen molar-refractivity contribution < 1.29 is 4.79 Å². The van der Waals surface area contributed by atoms with E-state index in [1.54, 1.807) is 35.6 Å². The Morgan fingerprint density at radius 2 is 1.91 bits per heavy atom.